The molecule has 0 amide bonds. The monoisotopic (exact) mass is 196 g/mol. The maximum Gasteiger partial charge on any atom is 0.195 e. The van der Waals surface area contributed by atoms with Gasteiger partial charge in [0, 0.05) is 11.8 Å². The van der Waals surface area contributed by atoms with E-state index < -0.39 is 0 Å². The van der Waals surface area contributed by atoms with E-state index in [1.165, 1.54) is 0 Å². The summed E-state index contributed by atoms with van der Waals surface area (Å²) < 4.78 is 0. The first-order chi connectivity index (χ1) is 7.33. The molecule has 3 heteroatoms. The second kappa shape index (κ2) is 3.89. The van der Waals surface area contributed by atoms with E-state index in [4.69, 9.17) is 5.26 Å². The molecule has 0 spiro atoms. The molecule has 1 aliphatic heterocycles. The van der Waals surface area contributed by atoms with Crippen molar-refractivity contribution in [3.8, 4) is 6.07 Å². The molecule has 0 unspecified atom stereocenters. The maximum absolute atomic E-state index is 11.4. The van der Waals surface area contributed by atoms with Crippen LogP contribution in [0.1, 0.15) is 5.56 Å². The van der Waals surface area contributed by atoms with Crippen molar-refractivity contribution in [2.24, 2.45) is 4.99 Å². The van der Waals surface area contributed by atoms with Crippen LogP contribution in [0.2, 0.25) is 0 Å². The highest BCUT2D eigenvalue weighted by Gasteiger charge is 2.18. The van der Waals surface area contributed by atoms with Crippen LogP contribution in [-0.2, 0) is 4.79 Å². The van der Waals surface area contributed by atoms with Gasteiger partial charge in [-0.05, 0) is 5.56 Å². The molecule has 0 radical (unpaired) electrons. The number of carbonyl (C=O) groups excluding carboxylic acids is 1. The van der Waals surface area contributed by atoms with Crippen molar-refractivity contribution in [1.29, 1.82) is 5.26 Å². The van der Waals surface area contributed by atoms with Gasteiger partial charge in [-0.25, -0.2) is 0 Å². The Kier molecular flexibility index (Phi) is 2.42. The Morgan fingerprint density at radius 3 is 2.67 bits per heavy atom. The molecular formula is C12H8N2O. The maximum atomic E-state index is 11.4. The third-order valence-electron chi connectivity index (χ3n) is 2.20. The Morgan fingerprint density at radius 1 is 1.27 bits per heavy atom. The van der Waals surface area contributed by atoms with Crippen LogP contribution in [0.3, 0.4) is 0 Å². The van der Waals surface area contributed by atoms with Crippen LogP contribution in [0.25, 0.3) is 5.57 Å². The van der Waals surface area contributed by atoms with Crippen molar-refractivity contribution in [2.75, 3.05) is 6.54 Å². The van der Waals surface area contributed by atoms with Crippen molar-refractivity contribution in [3.63, 3.8) is 0 Å². The van der Waals surface area contributed by atoms with Gasteiger partial charge in [-0.15, -0.1) is 0 Å². The van der Waals surface area contributed by atoms with Gasteiger partial charge < -0.3 is 0 Å². The second-order valence-corrected chi connectivity index (χ2v) is 3.16. The van der Waals surface area contributed by atoms with Crippen LogP contribution in [0.5, 0.6) is 0 Å². The number of ketones is 1. The Hall–Kier alpha value is -2.21. The third kappa shape index (κ3) is 1.70. The van der Waals surface area contributed by atoms with Crippen LogP contribution in [0, 0.1) is 11.3 Å². The normalized spacial score (nSPS) is 15.3. The number of rotatable bonds is 1. The summed E-state index contributed by atoms with van der Waals surface area (Å²) in [5.41, 5.74) is 1.68. The molecule has 0 N–H and O–H groups in total. The zero-order valence-corrected chi connectivity index (χ0v) is 7.97. The Bertz CT molecular complexity index is 492. The van der Waals surface area contributed by atoms with E-state index >= 15 is 0 Å². The standard InChI is InChI=1S/C12H8N2O/c13-6-10-11(7-14-8-12(10)15)9-4-2-1-3-5-9/h1-5,7H,8H2. The molecule has 1 heterocycles. The van der Waals surface area contributed by atoms with Gasteiger partial charge in [0.2, 0.25) is 0 Å². The van der Waals surface area contributed by atoms with E-state index in [9.17, 15) is 4.79 Å². The summed E-state index contributed by atoms with van der Waals surface area (Å²) in [6, 6.07) is 11.3. The van der Waals surface area contributed by atoms with E-state index in [0.29, 0.717) is 5.57 Å². The molecular weight excluding hydrogens is 188 g/mol. The number of nitrogens with zero attached hydrogens (tertiary/aromatic N) is 2. The number of Topliss-reactive ketones (excluding diaryl/α,β-unsaturated/α-hetero) is 1. The van der Waals surface area contributed by atoms with Gasteiger partial charge in [0.1, 0.15) is 18.2 Å². The number of allylic oxidation sites excluding steroid dienone is 1. The van der Waals surface area contributed by atoms with Gasteiger partial charge in [-0.1, -0.05) is 30.3 Å². The van der Waals surface area contributed by atoms with Crippen LogP contribution < -0.4 is 0 Å². The number of benzene rings is 1. The minimum atomic E-state index is -0.209. The van der Waals surface area contributed by atoms with Gasteiger partial charge in [0.25, 0.3) is 0 Å². The van der Waals surface area contributed by atoms with Crippen LogP contribution in [0.4, 0.5) is 0 Å². The summed E-state index contributed by atoms with van der Waals surface area (Å²) in [6.45, 7) is 0.0826. The van der Waals surface area contributed by atoms with Gasteiger partial charge in [-0.2, -0.15) is 5.26 Å². The predicted molar refractivity (Wildman–Crippen MR) is 57.3 cm³/mol. The lowest BCUT2D eigenvalue weighted by Gasteiger charge is -2.08. The Morgan fingerprint density at radius 2 is 2.00 bits per heavy atom. The van der Waals surface area contributed by atoms with E-state index in [0.717, 1.165) is 5.56 Å². The van der Waals surface area contributed by atoms with Crippen molar-refractivity contribution in [2.45, 2.75) is 0 Å². The fourth-order valence-corrected chi connectivity index (χ4v) is 1.47. The molecule has 0 aliphatic carbocycles. The first kappa shape index (κ1) is 9.35. The fraction of sp³-hybridized carbons (Fsp3) is 0.0833. The summed E-state index contributed by atoms with van der Waals surface area (Å²) in [6.07, 6.45) is 1.59. The molecule has 0 fully saturated rings. The van der Waals surface area contributed by atoms with Crippen molar-refractivity contribution in [3.05, 3.63) is 41.5 Å². The van der Waals surface area contributed by atoms with E-state index in [1.807, 2.05) is 36.4 Å². The number of dihydropyridines is 1. The average molecular weight is 196 g/mol. The number of nitriles is 1. The minimum absolute atomic E-state index is 0.0826. The van der Waals surface area contributed by atoms with Gasteiger partial charge in [0.05, 0.1) is 0 Å². The first-order valence-electron chi connectivity index (χ1n) is 4.56. The number of aliphatic imine (C=N–C) groups is 1. The molecule has 1 aromatic rings. The second-order valence-electron chi connectivity index (χ2n) is 3.16. The number of carbonyl (C=O) groups is 1. The highest BCUT2D eigenvalue weighted by molar-refractivity contribution is 6.24. The third-order valence-corrected chi connectivity index (χ3v) is 2.20. The molecule has 1 aliphatic rings. The molecule has 0 saturated heterocycles. The number of hydrogen-bond acceptors (Lipinski definition) is 3. The van der Waals surface area contributed by atoms with Crippen LogP contribution in [0.15, 0.2) is 40.9 Å². The zero-order chi connectivity index (χ0) is 10.7. The lowest BCUT2D eigenvalue weighted by Crippen LogP contribution is -2.13. The Balaban J connectivity index is 2.57. The summed E-state index contributed by atoms with van der Waals surface area (Å²) in [4.78, 5) is 15.3. The van der Waals surface area contributed by atoms with Gasteiger partial charge >= 0.3 is 0 Å². The quantitative estimate of drug-likeness (QED) is 0.685. The number of hydrogen-bond donors (Lipinski definition) is 0. The molecule has 0 saturated carbocycles. The van der Waals surface area contributed by atoms with Crippen LogP contribution >= 0.6 is 0 Å². The SMILES string of the molecule is N#CC1=C(c2ccccc2)C=NCC1=O. The molecule has 0 aromatic heterocycles. The van der Waals surface area contributed by atoms with Crippen molar-refractivity contribution >= 4 is 17.6 Å². The molecule has 3 nitrogen and oxygen atoms in total. The lowest BCUT2D eigenvalue weighted by molar-refractivity contribution is -0.113. The minimum Gasteiger partial charge on any atom is -0.291 e. The van der Waals surface area contributed by atoms with Crippen molar-refractivity contribution in [1.82, 2.24) is 0 Å². The zero-order valence-electron chi connectivity index (χ0n) is 7.97. The summed E-state index contributed by atoms with van der Waals surface area (Å²) in [7, 11) is 0. The lowest BCUT2D eigenvalue weighted by atomic mass is 9.97. The smallest absolute Gasteiger partial charge is 0.195 e. The molecule has 1 aromatic carbocycles. The van der Waals surface area contributed by atoms with E-state index in [-0.39, 0.29) is 17.9 Å². The highest BCUT2D eigenvalue weighted by Crippen LogP contribution is 2.19. The van der Waals surface area contributed by atoms with Crippen molar-refractivity contribution < 1.29 is 4.79 Å². The largest absolute Gasteiger partial charge is 0.291 e. The summed E-state index contributed by atoms with van der Waals surface area (Å²) in [5.74, 6) is -0.209. The molecule has 2 rings (SSSR count). The fourth-order valence-electron chi connectivity index (χ4n) is 1.47. The summed E-state index contributed by atoms with van der Waals surface area (Å²) >= 11 is 0. The van der Waals surface area contributed by atoms with E-state index in [1.54, 1.807) is 6.21 Å². The molecule has 15 heavy (non-hydrogen) atoms. The average Bonchev–Trinajstić information content (AvgIpc) is 2.30. The Labute approximate surface area is 87.4 Å². The highest BCUT2D eigenvalue weighted by atomic mass is 16.1. The van der Waals surface area contributed by atoms with Gasteiger partial charge in [0.15, 0.2) is 5.78 Å². The topological polar surface area (TPSA) is 53.2 Å². The molecule has 72 valence electrons. The van der Waals surface area contributed by atoms with Crippen LogP contribution in [-0.4, -0.2) is 18.5 Å². The first-order valence-corrected chi connectivity index (χ1v) is 4.56. The predicted octanol–water partition coefficient (Wildman–Crippen LogP) is 1.62. The molecule has 0 bridgehead atoms. The summed E-state index contributed by atoms with van der Waals surface area (Å²) in [5, 5.41) is 8.90. The molecule has 0 atom stereocenters. The van der Waals surface area contributed by atoms with Gasteiger partial charge in [-0.3, -0.25) is 9.79 Å². The van der Waals surface area contributed by atoms with E-state index in [2.05, 4.69) is 4.99 Å².